The number of hydrogen-bond acceptors (Lipinski definition) is 10. The first kappa shape index (κ1) is 36.5. The molecule has 1 saturated heterocycles. The van der Waals surface area contributed by atoms with Gasteiger partial charge in [0, 0.05) is 24.3 Å². The molecular formula is C34H32ClF3N4O7S. The summed E-state index contributed by atoms with van der Waals surface area (Å²) in [4.78, 5) is 45.0. The van der Waals surface area contributed by atoms with Crippen LogP contribution in [0.2, 0.25) is 5.02 Å². The van der Waals surface area contributed by atoms with E-state index in [0.717, 1.165) is 10.8 Å². The molecule has 4 aromatic rings. The standard InChI is InChI=1S/C34H32ClF3N4O7S/c1-19(2)50(46,47)28-7-5-4-6-24(28)30-25(32(44)49-33(45)34(36,37)38)13-15-41(30)31(43)29(21-9-11-26(35)27(17-21)48-3)42(39)23-10-8-22-18-40-14-12-20(22)16-23/h4-12,14,16-19,25,29-30H,13,15,39H2,1-3H3/t25?,29-,30?/m0/s1. The fourth-order valence-corrected chi connectivity index (χ4v) is 7.43. The summed E-state index contributed by atoms with van der Waals surface area (Å²) >= 11 is 6.30. The van der Waals surface area contributed by atoms with E-state index < -0.39 is 57.1 Å². The van der Waals surface area contributed by atoms with Crippen molar-refractivity contribution < 1.29 is 45.4 Å². The van der Waals surface area contributed by atoms with E-state index in [4.69, 9.17) is 22.2 Å². The number of hydrogen-bond donors (Lipinski definition) is 1. The molecule has 0 aliphatic carbocycles. The number of nitrogens with two attached hydrogens (primary N) is 1. The number of pyridine rings is 1. The lowest BCUT2D eigenvalue weighted by molar-refractivity contribution is -0.203. The molecule has 2 heterocycles. The van der Waals surface area contributed by atoms with Crippen LogP contribution < -0.4 is 15.6 Å². The highest BCUT2D eigenvalue weighted by Gasteiger charge is 2.50. The number of carbonyl (C=O) groups is 3. The van der Waals surface area contributed by atoms with Crippen LogP contribution in [0.3, 0.4) is 0 Å². The summed E-state index contributed by atoms with van der Waals surface area (Å²) in [6.07, 6.45) is -2.51. The normalized spacial score (nSPS) is 17.1. The van der Waals surface area contributed by atoms with Crippen LogP contribution in [0.25, 0.3) is 10.8 Å². The highest BCUT2D eigenvalue weighted by Crippen LogP contribution is 2.44. The predicted molar refractivity (Wildman–Crippen MR) is 178 cm³/mol. The lowest BCUT2D eigenvalue weighted by atomic mass is 9.93. The van der Waals surface area contributed by atoms with Crippen LogP contribution in [0.15, 0.2) is 84.0 Å². The van der Waals surface area contributed by atoms with E-state index in [1.807, 2.05) is 0 Å². The SMILES string of the molecule is COc1cc([C@@H](C(=O)N2CCC(C(=O)OC(=O)C(F)(F)F)C2c2ccccc2S(=O)(=O)C(C)C)N(N)c2ccc3cnccc3c2)ccc1Cl. The number of fused-ring (bicyclic) bond motifs is 1. The first-order valence-electron chi connectivity index (χ1n) is 15.2. The molecule has 11 nitrogen and oxygen atoms in total. The fraction of sp³-hybridized carbons (Fsp3) is 0.294. The smallest absolute Gasteiger partial charge is 0.491 e. The summed E-state index contributed by atoms with van der Waals surface area (Å²) in [6, 6.07) is 14.1. The quantitative estimate of drug-likeness (QED) is 0.0980. The fourth-order valence-electron chi connectivity index (χ4n) is 5.94. The van der Waals surface area contributed by atoms with E-state index in [-0.39, 0.29) is 39.8 Å². The second-order valence-electron chi connectivity index (χ2n) is 11.8. The zero-order chi connectivity index (χ0) is 36.5. The van der Waals surface area contributed by atoms with Gasteiger partial charge in [-0.25, -0.2) is 19.1 Å². The zero-order valence-corrected chi connectivity index (χ0v) is 28.5. The van der Waals surface area contributed by atoms with Gasteiger partial charge in [-0.15, -0.1) is 0 Å². The van der Waals surface area contributed by atoms with Gasteiger partial charge in [-0.3, -0.25) is 19.6 Å². The Morgan fingerprint density at radius 2 is 1.76 bits per heavy atom. The molecule has 0 saturated carbocycles. The van der Waals surface area contributed by atoms with Crippen molar-refractivity contribution in [2.45, 2.75) is 48.7 Å². The Morgan fingerprint density at radius 3 is 2.44 bits per heavy atom. The van der Waals surface area contributed by atoms with Gasteiger partial charge in [-0.2, -0.15) is 13.2 Å². The molecule has 0 bridgehead atoms. The molecule has 2 N–H and O–H groups in total. The Hall–Kier alpha value is -4.73. The minimum absolute atomic E-state index is 0.0392. The number of rotatable bonds is 9. The van der Waals surface area contributed by atoms with Crippen LogP contribution in [0.5, 0.6) is 5.75 Å². The molecule has 1 fully saturated rings. The van der Waals surface area contributed by atoms with Crippen molar-refractivity contribution in [3.63, 3.8) is 0 Å². The van der Waals surface area contributed by atoms with Crippen LogP contribution in [0.1, 0.15) is 43.5 Å². The van der Waals surface area contributed by atoms with Crippen molar-refractivity contribution >= 4 is 55.7 Å². The van der Waals surface area contributed by atoms with Gasteiger partial charge in [0.05, 0.1) is 39.9 Å². The number of methoxy groups -OCH3 is 1. The monoisotopic (exact) mass is 732 g/mol. The van der Waals surface area contributed by atoms with Gasteiger partial charge in [0.2, 0.25) is 0 Å². The molecule has 16 heteroatoms. The molecule has 1 aliphatic rings. The summed E-state index contributed by atoms with van der Waals surface area (Å²) in [5, 5.41) is 2.00. The minimum Gasteiger partial charge on any atom is -0.495 e. The third-order valence-corrected chi connectivity index (χ3v) is 11.0. The van der Waals surface area contributed by atoms with E-state index in [1.54, 1.807) is 36.7 Å². The first-order chi connectivity index (χ1) is 23.6. The molecule has 2 unspecified atom stereocenters. The Labute approximate surface area is 290 Å². The number of aromatic nitrogens is 1. The van der Waals surface area contributed by atoms with Crippen molar-refractivity contribution in [3.8, 4) is 5.75 Å². The number of carbonyl (C=O) groups excluding carboxylic acids is 3. The second kappa shape index (κ2) is 14.2. The maximum atomic E-state index is 14.9. The number of halogens is 4. The topological polar surface area (TPSA) is 149 Å². The van der Waals surface area contributed by atoms with Crippen LogP contribution in [0.4, 0.5) is 18.9 Å². The summed E-state index contributed by atoms with van der Waals surface area (Å²) in [6.45, 7) is 2.64. The van der Waals surface area contributed by atoms with Crippen molar-refractivity contribution in [2.24, 2.45) is 11.8 Å². The van der Waals surface area contributed by atoms with Crippen LogP contribution >= 0.6 is 11.6 Å². The average Bonchev–Trinajstić information content (AvgIpc) is 3.53. The number of anilines is 1. The molecule has 3 atom stereocenters. The van der Waals surface area contributed by atoms with E-state index in [2.05, 4.69) is 9.72 Å². The van der Waals surface area contributed by atoms with Crippen LogP contribution in [-0.2, 0) is 29.0 Å². The van der Waals surface area contributed by atoms with E-state index in [0.29, 0.717) is 5.69 Å². The molecule has 50 heavy (non-hydrogen) atoms. The van der Waals surface area contributed by atoms with E-state index >= 15 is 0 Å². The summed E-state index contributed by atoms with van der Waals surface area (Å²) in [5.41, 5.74) is 0.623. The highest BCUT2D eigenvalue weighted by molar-refractivity contribution is 7.92. The lowest BCUT2D eigenvalue weighted by Crippen LogP contribution is -2.47. The number of sulfone groups is 1. The minimum atomic E-state index is -5.48. The molecule has 1 aliphatic heterocycles. The van der Waals surface area contributed by atoms with Gasteiger partial charge >= 0.3 is 18.1 Å². The third kappa shape index (κ3) is 7.11. The summed E-state index contributed by atoms with van der Waals surface area (Å²) in [5.74, 6) is 0.328. The van der Waals surface area contributed by atoms with Gasteiger partial charge in [0.15, 0.2) is 9.84 Å². The van der Waals surface area contributed by atoms with Crippen molar-refractivity contribution in [1.29, 1.82) is 0 Å². The Balaban J connectivity index is 1.67. The first-order valence-corrected chi connectivity index (χ1v) is 17.2. The third-order valence-electron chi connectivity index (χ3n) is 8.50. The van der Waals surface area contributed by atoms with Gasteiger partial charge in [-0.05, 0) is 73.2 Å². The highest BCUT2D eigenvalue weighted by atomic mass is 35.5. The molecule has 5 rings (SSSR count). The molecule has 1 aromatic heterocycles. The average molecular weight is 733 g/mol. The van der Waals surface area contributed by atoms with Gasteiger partial charge in [0.25, 0.3) is 5.91 Å². The van der Waals surface area contributed by atoms with Gasteiger partial charge in [-0.1, -0.05) is 41.9 Å². The lowest BCUT2D eigenvalue weighted by Gasteiger charge is -2.36. The molecule has 0 radical (unpaired) electrons. The van der Waals surface area contributed by atoms with Gasteiger partial charge in [0.1, 0.15) is 11.8 Å². The maximum absolute atomic E-state index is 14.9. The summed E-state index contributed by atoms with van der Waals surface area (Å²) < 4.78 is 76.2. The molecule has 0 spiro atoms. The Morgan fingerprint density at radius 1 is 1.04 bits per heavy atom. The van der Waals surface area contributed by atoms with E-state index in [9.17, 15) is 36.0 Å². The number of nitrogens with zero attached hydrogens (tertiary/aromatic N) is 3. The predicted octanol–water partition coefficient (Wildman–Crippen LogP) is 5.72. The maximum Gasteiger partial charge on any atom is 0.491 e. The Bertz CT molecular complexity index is 2060. The second-order valence-corrected chi connectivity index (χ2v) is 14.7. The van der Waals surface area contributed by atoms with Crippen molar-refractivity contribution in [2.75, 3.05) is 18.7 Å². The number of hydrazine groups is 1. The van der Waals surface area contributed by atoms with Crippen LogP contribution in [0, 0.1) is 5.92 Å². The van der Waals surface area contributed by atoms with E-state index in [1.165, 1.54) is 73.3 Å². The number of amides is 1. The number of benzene rings is 3. The van der Waals surface area contributed by atoms with Crippen LogP contribution in [-0.4, -0.2) is 61.2 Å². The summed E-state index contributed by atoms with van der Waals surface area (Å²) in [7, 11) is -2.69. The Kier molecular flexibility index (Phi) is 10.4. The number of likely N-dealkylation sites (tertiary alicyclic amines) is 1. The van der Waals surface area contributed by atoms with Crippen molar-refractivity contribution in [3.05, 3.63) is 95.3 Å². The zero-order valence-electron chi connectivity index (χ0n) is 26.9. The molecule has 1 amide bonds. The number of ether oxygens (including phenoxy) is 2. The molecular weight excluding hydrogens is 701 g/mol. The number of esters is 2. The molecule has 264 valence electrons. The van der Waals surface area contributed by atoms with Crippen molar-refractivity contribution in [1.82, 2.24) is 9.88 Å². The molecule has 3 aromatic carbocycles. The largest absolute Gasteiger partial charge is 0.495 e. The number of alkyl halides is 3. The van der Waals surface area contributed by atoms with Gasteiger partial charge < -0.3 is 14.4 Å².